The number of esters is 1. The number of aromatic amines is 1. The van der Waals surface area contributed by atoms with E-state index in [4.69, 9.17) is 9.16 Å². The molecule has 4 aromatic heterocycles. The quantitative estimate of drug-likeness (QED) is 0.0594. The van der Waals surface area contributed by atoms with E-state index in [1.165, 1.54) is 45.4 Å². The number of pyridine rings is 1. The van der Waals surface area contributed by atoms with Crippen LogP contribution >= 0.6 is 22.7 Å². The molecular formula is C46H56N6O6S2Si. The molecule has 15 heteroatoms. The summed E-state index contributed by atoms with van der Waals surface area (Å²) >= 11 is 2.73. The van der Waals surface area contributed by atoms with Gasteiger partial charge in [-0.15, -0.1) is 27.8 Å². The molecule has 5 heterocycles. The number of benzene rings is 2. The summed E-state index contributed by atoms with van der Waals surface area (Å²) in [6, 6.07) is 16.3. The number of carbonyl (C=O) groups is 1. The third kappa shape index (κ3) is 7.91. The molecule has 1 saturated heterocycles. The first-order valence-corrected chi connectivity index (χ1v) is 26.1. The zero-order valence-electron chi connectivity index (χ0n) is 35.6. The fourth-order valence-corrected chi connectivity index (χ4v) is 12.6. The number of carbonyl (C=O) groups excluding carboxylic acids is 1. The topological polar surface area (TPSA) is 155 Å². The van der Waals surface area contributed by atoms with Crippen molar-refractivity contribution >= 4 is 58.9 Å². The van der Waals surface area contributed by atoms with E-state index in [0.717, 1.165) is 86.7 Å². The number of rotatable bonds is 15. The first-order valence-electron chi connectivity index (χ1n) is 21.5. The van der Waals surface area contributed by atoms with Crippen LogP contribution in [0.1, 0.15) is 84.6 Å². The molecule has 1 spiro atoms. The van der Waals surface area contributed by atoms with Crippen LogP contribution in [-0.2, 0) is 45.5 Å². The van der Waals surface area contributed by atoms with Gasteiger partial charge in [0, 0.05) is 49.6 Å². The molecule has 9 rings (SSSR count). The van der Waals surface area contributed by atoms with E-state index in [-0.39, 0.29) is 34.0 Å². The molecule has 6 aromatic rings. The fourth-order valence-electron chi connectivity index (χ4n) is 9.57. The van der Waals surface area contributed by atoms with E-state index in [1.807, 2.05) is 29.0 Å². The number of nitrogens with zero attached hydrogens (tertiary/aromatic N) is 4. The number of aromatic nitrogens is 4. The highest BCUT2D eigenvalue weighted by Gasteiger charge is 2.55. The van der Waals surface area contributed by atoms with Crippen LogP contribution < -0.4 is 10.9 Å². The molecule has 0 radical (unpaired) electrons. The second kappa shape index (κ2) is 16.2. The molecule has 0 unspecified atom stereocenters. The number of ether oxygens (including phenoxy) is 1. The second-order valence-corrected chi connectivity index (χ2v) is 25.6. The van der Waals surface area contributed by atoms with Gasteiger partial charge in [-0.3, -0.25) is 4.79 Å². The number of H-pyrrole nitrogens is 1. The Balaban J connectivity index is 0.810. The number of hydrogen-bond donors (Lipinski definition) is 4. The van der Waals surface area contributed by atoms with Crippen molar-refractivity contribution in [2.75, 3.05) is 26.2 Å². The average molecular weight is 881 g/mol. The Morgan fingerprint density at radius 3 is 2.44 bits per heavy atom. The molecule has 2 aliphatic carbocycles. The van der Waals surface area contributed by atoms with Crippen LogP contribution in [0.3, 0.4) is 0 Å². The normalized spacial score (nSPS) is 17.5. The van der Waals surface area contributed by atoms with Crippen molar-refractivity contribution in [3.05, 3.63) is 108 Å². The summed E-state index contributed by atoms with van der Waals surface area (Å²) in [6.07, 6.45) is 5.31. The second-order valence-electron chi connectivity index (χ2n) is 19.0. The van der Waals surface area contributed by atoms with E-state index < -0.39 is 19.9 Å². The van der Waals surface area contributed by atoms with E-state index in [0.29, 0.717) is 28.4 Å². The highest BCUT2D eigenvalue weighted by Crippen LogP contribution is 2.51. The molecule has 2 aromatic carbocycles. The average Bonchev–Trinajstić information content (AvgIpc) is 4.03. The summed E-state index contributed by atoms with van der Waals surface area (Å²) in [6.45, 7) is 16.2. The maximum absolute atomic E-state index is 13.4. The van der Waals surface area contributed by atoms with Gasteiger partial charge in [-0.1, -0.05) is 44.2 Å². The van der Waals surface area contributed by atoms with Gasteiger partial charge in [0.1, 0.15) is 17.4 Å². The predicted molar refractivity (Wildman–Crippen MR) is 243 cm³/mol. The van der Waals surface area contributed by atoms with Crippen LogP contribution in [0.5, 0.6) is 5.75 Å². The SMILES string of the molecule is CC(C)(C)[Si](C)(C)O[C@@H](CNCc1cc2nnn(CCCN3CC4(CC(OC(=O)C(O)(c5cccs5)c5cccs5)C4)C3)c2c2c1CCC2)c1ccc(O)c2[nH]c(=O)ccc12. The van der Waals surface area contributed by atoms with Crippen LogP contribution in [0.25, 0.3) is 21.9 Å². The Labute approximate surface area is 365 Å². The minimum absolute atomic E-state index is 0.00904. The molecule has 1 atom stereocenters. The van der Waals surface area contributed by atoms with E-state index in [1.54, 1.807) is 24.3 Å². The molecular weight excluding hydrogens is 825 g/mol. The van der Waals surface area contributed by atoms with E-state index in [2.05, 4.69) is 70.1 Å². The molecule has 61 heavy (non-hydrogen) atoms. The maximum atomic E-state index is 13.4. The Morgan fingerprint density at radius 2 is 1.75 bits per heavy atom. The summed E-state index contributed by atoms with van der Waals surface area (Å²) < 4.78 is 15.1. The number of aromatic hydroxyl groups is 1. The number of aliphatic hydroxyl groups is 1. The van der Waals surface area contributed by atoms with E-state index in [9.17, 15) is 19.8 Å². The molecule has 322 valence electrons. The lowest BCUT2D eigenvalue weighted by Gasteiger charge is -2.58. The van der Waals surface area contributed by atoms with Crippen molar-refractivity contribution in [1.29, 1.82) is 0 Å². The van der Waals surface area contributed by atoms with Crippen molar-refractivity contribution in [3.8, 4) is 5.75 Å². The fraction of sp³-hybridized carbons (Fsp3) is 0.478. The Kier molecular flexibility index (Phi) is 11.1. The highest BCUT2D eigenvalue weighted by molar-refractivity contribution is 7.12. The van der Waals surface area contributed by atoms with Crippen LogP contribution in [0.4, 0.5) is 0 Å². The van der Waals surface area contributed by atoms with Crippen molar-refractivity contribution in [1.82, 2.24) is 30.2 Å². The third-order valence-electron chi connectivity index (χ3n) is 13.7. The third-order valence-corrected chi connectivity index (χ3v) is 20.2. The van der Waals surface area contributed by atoms with Crippen molar-refractivity contribution in [2.24, 2.45) is 5.41 Å². The molecule has 3 aliphatic rings. The summed E-state index contributed by atoms with van der Waals surface area (Å²) in [4.78, 5) is 32.1. The lowest BCUT2D eigenvalue weighted by Crippen LogP contribution is -2.64. The van der Waals surface area contributed by atoms with Gasteiger partial charge in [-0.05, 0) is 127 Å². The summed E-state index contributed by atoms with van der Waals surface area (Å²) in [5.41, 5.74) is 5.63. The van der Waals surface area contributed by atoms with Gasteiger partial charge in [-0.2, -0.15) is 0 Å². The monoisotopic (exact) mass is 880 g/mol. The van der Waals surface area contributed by atoms with Gasteiger partial charge >= 0.3 is 5.97 Å². The summed E-state index contributed by atoms with van der Waals surface area (Å²) in [7, 11) is -2.22. The van der Waals surface area contributed by atoms with Gasteiger partial charge in [0.25, 0.3) is 0 Å². The standard InChI is InChI=1S/C46H56N6O6S2Si/c1-44(2,3)61(4,5)58-37(32-14-16-36(53)41-33(32)15-17-40(54)48-41)26-47-25-29-22-35-42(34-11-6-10-31(29)34)52(50-49-35)19-9-18-51-27-45(28-51)23-30(24-45)57-43(55)46(56,38-12-7-20-59-38)39-13-8-21-60-39/h7-8,12-17,20-22,30,37,47,53,56H,6,9-11,18-19,23-28H2,1-5H3,(H,48,54)/t37-/m0/s1. The molecule has 1 aliphatic heterocycles. The Hall–Kier alpha value is -4.22. The summed E-state index contributed by atoms with van der Waals surface area (Å²) in [5, 5.41) is 39.8. The molecule has 0 amide bonds. The smallest absolute Gasteiger partial charge is 0.349 e. The number of fused-ring (bicyclic) bond motifs is 4. The molecule has 2 fully saturated rings. The Bertz CT molecular complexity index is 2570. The van der Waals surface area contributed by atoms with Crippen LogP contribution in [0.2, 0.25) is 18.1 Å². The lowest BCUT2D eigenvalue weighted by molar-refractivity contribution is -0.191. The van der Waals surface area contributed by atoms with Crippen LogP contribution in [-0.4, -0.2) is 81.7 Å². The number of thiophene rings is 2. The number of hydrogen-bond acceptors (Lipinski definition) is 12. The van der Waals surface area contributed by atoms with Gasteiger partial charge in [0.05, 0.1) is 26.9 Å². The maximum Gasteiger partial charge on any atom is 0.349 e. The number of nitrogens with one attached hydrogen (secondary N) is 2. The molecule has 4 N–H and O–H groups in total. The Morgan fingerprint density at radius 1 is 1.03 bits per heavy atom. The summed E-state index contributed by atoms with van der Waals surface area (Å²) in [5.74, 6) is -0.537. The van der Waals surface area contributed by atoms with Gasteiger partial charge in [0.2, 0.25) is 11.2 Å². The highest BCUT2D eigenvalue weighted by atomic mass is 32.1. The van der Waals surface area contributed by atoms with Gasteiger partial charge in [-0.25, -0.2) is 9.48 Å². The van der Waals surface area contributed by atoms with Crippen LogP contribution in [0, 0.1) is 5.41 Å². The lowest BCUT2D eigenvalue weighted by atomic mass is 9.61. The minimum Gasteiger partial charge on any atom is -0.506 e. The van der Waals surface area contributed by atoms with Gasteiger partial charge in [0.15, 0.2) is 8.32 Å². The number of aryl methyl sites for hydroxylation is 2. The first kappa shape index (κ1) is 42.1. The molecule has 0 bridgehead atoms. The number of phenols is 1. The zero-order valence-corrected chi connectivity index (χ0v) is 38.3. The predicted octanol–water partition coefficient (Wildman–Crippen LogP) is 7.78. The molecule has 1 saturated carbocycles. The number of phenolic OH excluding ortho intramolecular Hbond substituents is 1. The van der Waals surface area contributed by atoms with Crippen molar-refractivity contribution in [3.63, 3.8) is 0 Å². The molecule has 12 nitrogen and oxygen atoms in total. The van der Waals surface area contributed by atoms with Crippen molar-refractivity contribution < 1.29 is 24.2 Å². The van der Waals surface area contributed by atoms with Gasteiger partial charge < -0.3 is 34.6 Å². The first-order chi connectivity index (χ1) is 29.1. The zero-order chi connectivity index (χ0) is 42.7. The van der Waals surface area contributed by atoms with Crippen molar-refractivity contribution in [2.45, 2.75) is 108 Å². The van der Waals surface area contributed by atoms with E-state index >= 15 is 0 Å². The number of likely N-dealkylation sites (tertiary alicyclic amines) is 1. The largest absolute Gasteiger partial charge is 0.506 e. The van der Waals surface area contributed by atoms with Crippen LogP contribution in [0.15, 0.2) is 70.2 Å². The minimum atomic E-state index is -2.22.